The molecule has 25 heavy (non-hydrogen) atoms. The van der Waals surface area contributed by atoms with Crippen LogP contribution in [0.3, 0.4) is 0 Å². The Labute approximate surface area is 149 Å². The predicted molar refractivity (Wildman–Crippen MR) is 98.7 cm³/mol. The smallest absolute Gasteiger partial charge is 0.264 e. The molecule has 1 aliphatic rings. The molecule has 1 aliphatic carbocycles. The maximum atomic E-state index is 12.7. The Morgan fingerprint density at radius 1 is 1.32 bits per heavy atom. The third kappa shape index (κ3) is 3.66. The molecule has 0 saturated heterocycles. The van der Waals surface area contributed by atoms with Crippen molar-refractivity contribution < 1.29 is 4.79 Å². The van der Waals surface area contributed by atoms with Gasteiger partial charge in [0.15, 0.2) is 0 Å². The molecule has 0 bridgehead atoms. The van der Waals surface area contributed by atoms with Crippen molar-refractivity contribution in [1.82, 2.24) is 9.47 Å². The number of amides is 1. The summed E-state index contributed by atoms with van der Waals surface area (Å²) in [4.78, 5) is 14.2. The number of aryl methyl sites for hydroxylation is 1. The van der Waals surface area contributed by atoms with Crippen molar-refractivity contribution in [3.05, 3.63) is 64.5 Å². The molecule has 3 rings (SSSR count). The van der Waals surface area contributed by atoms with Crippen LogP contribution in [0, 0.1) is 25.2 Å². The molecule has 1 fully saturated rings. The van der Waals surface area contributed by atoms with Crippen LogP contribution in [0.4, 0.5) is 0 Å². The standard InChI is InChI=1S/C21H23N3O/c1-15-11-18(16(2)24(15)20-9-10-20)12-19(13-22)21(25)23(3)14-17-7-5-4-6-8-17/h4-8,11-12,20H,9-10,14H2,1-3H3/b19-12+. The second-order valence-electron chi connectivity index (χ2n) is 6.74. The SMILES string of the molecule is Cc1cc(/C=C(\C#N)C(=O)N(C)Cc2ccccc2)c(C)n1C1CC1. The lowest BCUT2D eigenvalue weighted by Gasteiger charge is -2.16. The first-order valence-corrected chi connectivity index (χ1v) is 8.61. The molecule has 1 aromatic heterocycles. The fraction of sp³-hybridized carbons (Fsp3) is 0.333. The van der Waals surface area contributed by atoms with Gasteiger partial charge in [-0.15, -0.1) is 0 Å². The minimum atomic E-state index is -0.248. The molecule has 0 aliphatic heterocycles. The van der Waals surface area contributed by atoms with Gasteiger partial charge in [-0.3, -0.25) is 4.79 Å². The molecule has 0 atom stereocenters. The van der Waals surface area contributed by atoms with E-state index in [1.54, 1.807) is 18.0 Å². The van der Waals surface area contributed by atoms with Crippen LogP contribution < -0.4 is 0 Å². The number of aromatic nitrogens is 1. The summed E-state index contributed by atoms with van der Waals surface area (Å²) in [5, 5.41) is 9.49. The monoisotopic (exact) mass is 333 g/mol. The van der Waals surface area contributed by atoms with Crippen molar-refractivity contribution in [3.63, 3.8) is 0 Å². The van der Waals surface area contributed by atoms with Crippen LogP contribution >= 0.6 is 0 Å². The normalized spacial score (nSPS) is 14.2. The molecular formula is C21H23N3O. The van der Waals surface area contributed by atoms with Crippen LogP contribution in [0.25, 0.3) is 6.08 Å². The average molecular weight is 333 g/mol. The Kier molecular flexibility index (Phi) is 4.76. The fourth-order valence-corrected chi connectivity index (χ4v) is 3.28. The van der Waals surface area contributed by atoms with Gasteiger partial charge in [-0.2, -0.15) is 5.26 Å². The largest absolute Gasteiger partial charge is 0.346 e. The van der Waals surface area contributed by atoms with E-state index in [9.17, 15) is 10.1 Å². The van der Waals surface area contributed by atoms with Gasteiger partial charge >= 0.3 is 0 Å². The summed E-state index contributed by atoms with van der Waals surface area (Å²) in [6, 6.07) is 14.5. The van der Waals surface area contributed by atoms with E-state index in [-0.39, 0.29) is 11.5 Å². The lowest BCUT2D eigenvalue weighted by atomic mass is 10.1. The van der Waals surface area contributed by atoms with Gasteiger partial charge in [0.2, 0.25) is 0 Å². The van der Waals surface area contributed by atoms with E-state index >= 15 is 0 Å². The lowest BCUT2D eigenvalue weighted by Crippen LogP contribution is -2.27. The number of rotatable bonds is 5. The van der Waals surface area contributed by atoms with Crippen LogP contribution in [-0.4, -0.2) is 22.4 Å². The maximum absolute atomic E-state index is 12.7. The van der Waals surface area contributed by atoms with Gasteiger partial charge in [0.25, 0.3) is 5.91 Å². The zero-order chi connectivity index (χ0) is 18.0. The highest BCUT2D eigenvalue weighted by Gasteiger charge is 2.27. The third-order valence-electron chi connectivity index (χ3n) is 4.70. The fourth-order valence-electron chi connectivity index (χ4n) is 3.28. The molecule has 0 unspecified atom stereocenters. The first-order valence-electron chi connectivity index (χ1n) is 8.61. The van der Waals surface area contributed by atoms with Gasteiger partial charge in [0.1, 0.15) is 11.6 Å². The van der Waals surface area contributed by atoms with Crippen LogP contribution in [0.2, 0.25) is 0 Å². The molecule has 1 heterocycles. The highest BCUT2D eigenvalue weighted by molar-refractivity contribution is 6.01. The molecule has 1 aromatic carbocycles. The first kappa shape index (κ1) is 17.0. The topological polar surface area (TPSA) is 49.0 Å². The second-order valence-corrected chi connectivity index (χ2v) is 6.74. The number of nitriles is 1. The van der Waals surface area contributed by atoms with Crippen LogP contribution in [0.1, 0.15) is 41.4 Å². The van der Waals surface area contributed by atoms with E-state index in [2.05, 4.69) is 30.6 Å². The number of nitrogens with zero attached hydrogens (tertiary/aromatic N) is 3. The van der Waals surface area contributed by atoms with Crippen molar-refractivity contribution in [2.45, 2.75) is 39.3 Å². The Bertz CT molecular complexity index is 851. The maximum Gasteiger partial charge on any atom is 0.264 e. The quantitative estimate of drug-likeness (QED) is 0.613. The van der Waals surface area contributed by atoms with Gasteiger partial charge in [0, 0.05) is 31.0 Å². The zero-order valence-corrected chi connectivity index (χ0v) is 15.0. The molecule has 4 heteroatoms. The van der Waals surface area contributed by atoms with E-state index in [0.29, 0.717) is 12.6 Å². The van der Waals surface area contributed by atoms with Gasteiger partial charge in [-0.1, -0.05) is 30.3 Å². The first-order chi connectivity index (χ1) is 12.0. The van der Waals surface area contributed by atoms with Crippen molar-refractivity contribution in [2.24, 2.45) is 0 Å². The molecule has 128 valence electrons. The van der Waals surface area contributed by atoms with E-state index in [1.807, 2.05) is 30.3 Å². The van der Waals surface area contributed by atoms with Crippen LogP contribution in [0.5, 0.6) is 0 Å². The number of carbonyl (C=O) groups excluding carboxylic acids is 1. The average Bonchev–Trinajstić information content (AvgIpc) is 3.39. The lowest BCUT2D eigenvalue weighted by molar-refractivity contribution is -0.125. The summed E-state index contributed by atoms with van der Waals surface area (Å²) in [5.74, 6) is -0.248. The van der Waals surface area contributed by atoms with E-state index in [0.717, 1.165) is 16.8 Å². The predicted octanol–water partition coefficient (Wildman–Crippen LogP) is 4.01. The van der Waals surface area contributed by atoms with Gasteiger partial charge in [-0.05, 0) is 50.0 Å². The Morgan fingerprint density at radius 2 is 2.00 bits per heavy atom. The van der Waals surface area contributed by atoms with Crippen molar-refractivity contribution in [2.75, 3.05) is 7.05 Å². The van der Waals surface area contributed by atoms with Gasteiger partial charge < -0.3 is 9.47 Å². The van der Waals surface area contributed by atoms with Crippen molar-refractivity contribution in [1.29, 1.82) is 5.26 Å². The summed E-state index contributed by atoms with van der Waals surface area (Å²) in [6.07, 6.45) is 4.15. The van der Waals surface area contributed by atoms with Gasteiger partial charge in [-0.25, -0.2) is 0 Å². The van der Waals surface area contributed by atoms with Gasteiger partial charge in [0.05, 0.1) is 0 Å². The number of carbonyl (C=O) groups is 1. The summed E-state index contributed by atoms with van der Waals surface area (Å²) >= 11 is 0. The Morgan fingerprint density at radius 3 is 2.60 bits per heavy atom. The zero-order valence-electron chi connectivity index (χ0n) is 15.0. The Hall–Kier alpha value is -2.80. The number of hydrogen-bond donors (Lipinski definition) is 0. The summed E-state index contributed by atoms with van der Waals surface area (Å²) in [7, 11) is 1.73. The molecule has 4 nitrogen and oxygen atoms in total. The highest BCUT2D eigenvalue weighted by Crippen LogP contribution is 2.38. The molecule has 2 aromatic rings. The molecule has 0 spiro atoms. The van der Waals surface area contributed by atoms with Crippen molar-refractivity contribution >= 4 is 12.0 Å². The molecule has 1 saturated carbocycles. The van der Waals surface area contributed by atoms with E-state index in [1.165, 1.54) is 18.5 Å². The van der Waals surface area contributed by atoms with E-state index in [4.69, 9.17) is 0 Å². The van der Waals surface area contributed by atoms with E-state index < -0.39 is 0 Å². The number of benzene rings is 1. The summed E-state index contributed by atoms with van der Waals surface area (Å²) in [6.45, 7) is 4.63. The molecule has 0 N–H and O–H groups in total. The summed E-state index contributed by atoms with van der Waals surface area (Å²) in [5.41, 5.74) is 4.50. The Balaban J connectivity index is 1.82. The highest BCUT2D eigenvalue weighted by atomic mass is 16.2. The molecular weight excluding hydrogens is 310 g/mol. The number of likely N-dealkylation sites (N-methyl/N-ethyl adjacent to an activating group) is 1. The van der Waals surface area contributed by atoms with Crippen molar-refractivity contribution in [3.8, 4) is 6.07 Å². The van der Waals surface area contributed by atoms with Crippen LogP contribution in [-0.2, 0) is 11.3 Å². The number of hydrogen-bond acceptors (Lipinski definition) is 2. The molecule has 0 radical (unpaired) electrons. The second kappa shape index (κ2) is 6.98. The summed E-state index contributed by atoms with van der Waals surface area (Å²) < 4.78 is 2.32. The minimum absolute atomic E-state index is 0.175. The van der Waals surface area contributed by atoms with Crippen LogP contribution in [0.15, 0.2) is 42.0 Å². The third-order valence-corrected chi connectivity index (χ3v) is 4.70. The minimum Gasteiger partial charge on any atom is -0.346 e. The molecule has 1 amide bonds.